The predicted molar refractivity (Wildman–Crippen MR) is 130 cm³/mol. The topological polar surface area (TPSA) is 0 Å². The van der Waals surface area contributed by atoms with Gasteiger partial charge in [0.15, 0.2) is 0 Å². The Labute approximate surface area is 176 Å². The molecule has 0 N–H and O–H groups in total. The van der Waals surface area contributed by atoms with Gasteiger partial charge in [-0.15, -0.1) is 0 Å². The number of rotatable bonds is 2. The van der Waals surface area contributed by atoms with Gasteiger partial charge in [-0.25, -0.2) is 0 Å². The second kappa shape index (κ2) is 6.86. The van der Waals surface area contributed by atoms with Crippen LogP contribution in [0.1, 0.15) is 0 Å². The van der Waals surface area contributed by atoms with Crippen LogP contribution in [0, 0.1) is 0 Å². The Balaban J connectivity index is 1.82. The first-order chi connectivity index (χ1) is 14.9. The van der Waals surface area contributed by atoms with Crippen LogP contribution < -0.4 is 0 Å². The highest BCUT2D eigenvalue weighted by molar-refractivity contribution is 6.23. The van der Waals surface area contributed by atoms with E-state index in [9.17, 15) is 0 Å². The van der Waals surface area contributed by atoms with Crippen LogP contribution in [-0.2, 0) is 0 Å². The molecular formula is C30H20. The van der Waals surface area contributed by atoms with Crippen LogP contribution in [0.3, 0.4) is 0 Å². The molecule has 6 aromatic carbocycles. The summed E-state index contributed by atoms with van der Waals surface area (Å²) in [5.41, 5.74) is 5.09. The third-order valence-corrected chi connectivity index (χ3v) is 6.05. The van der Waals surface area contributed by atoms with E-state index in [0.717, 1.165) is 0 Å². The highest BCUT2D eigenvalue weighted by Gasteiger charge is 2.13. The van der Waals surface area contributed by atoms with E-state index in [2.05, 4.69) is 121 Å². The number of hydrogen-bond acceptors (Lipinski definition) is 0. The van der Waals surface area contributed by atoms with Crippen LogP contribution in [0.2, 0.25) is 0 Å². The molecule has 0 amide bonds. The summed E-state index contributed by atoms with van der Waals surface area (Å²) < 4.78 is 0. The average Bonchev–Trinajstić information content (AvgIpc) is 2.84. The lowest BCUT2D eigenvalue weighted by Gasteiger charge is -2.16. The first-order valence-electron chi connectivity index (χ1n) is 10.4. The second-order valence-corrected chi connectivity index (χ2v) is 7.77. The molecular weight excluding hydrogens is 360 g/mol. The fourth-order valence-corrected chi connectivity index (χ4v) is 4.66. The number of hydrogen-bond donors (Lipinski definition) is 0. The van der Waals surface area contributed by atoms with Gasteiger partial charge in [-0.3, -0.25) is 0 Å². The van der Waals surface area contributed by atoms with Gasteiger partial charge in [-0.05, 0) is 66.7 Å². The Bertz CT molecular complexity index is 1390. The Morgan fingerprint density at radius 1 is 0.267 bits per heavy atom. The molecule has 0 nitrogen and oxygen atoms in total. The third kappa shape index (κ3) is 2.62. The number of benzene rings is 6. The Hall–Kier alpha value is -3.90. The standard InChI is InChI=1S/C30H20/c1-3-11-21(12-4-1)27-19-29-26-18-10-8-16-24(26)28(22-13-5-2-6-14-22)20-30(29)25-17-9-7-15-23(25)27/h1-20H. The molecule has 6 aromatic rings. The van der Waals surface area contributed by atoms with E-state index < -0.39 is 0 Å². The molecule has 0 aliphatic heterocycles. The van der Waals surface area contributed by atoms with Gasteiger partial charge in [-0.1, -0.05) is 109 Å². The zero-order chi connectivity index (χ0) is 19.9. The maximum absolute atomic E-state index is 2.38. The molecule has 6 rings (SSSR count). The first kappa shape index (κ1) is 17.0. The lowest BCUT2D eigenvalue weighted by molar-refractivity contribution is 1.66. The fourth-order valence-electron chi connectivity index (χ4n) is 4.66. The van der Waals surface area contributed by atoms with Gasteiger partial charge in [-0.2, -0.15) is 0 Å². The molecule has 0 heteroatoms. The highest BCUT2D eigenvalue weighted by Crippen LogP contribution is 2.41. The zero-order valence-corrected chi connectivity index (χ0v) is 16.5. The van der Waals surface area contributed by atoms with Gasteiger partial charge in [0, 0.05) is 0 Å². The van der Waals surface area contributed by atoms with Crippen molar-refractivity contribution in [1.29, 1.82) is 0 Å². The number of fused-ring (bicyclic) bond motifs is 5. The van der Waals surface area contributed by atoms with Crippen molar-refractivity contribution in [2.75, 3.05) is 0 Å². The molecule has 0 fully saturated rings. The first-order valence-corrected chi connectivity index (χ1v) is 10.4. The molecule has 140 valence electrons. The molecule has 30 heavy (non-hydrogen) atoms. The molecule has 0 radical (unpaired) electrons. The van der Waals surface area contributed by atoms with Gasteiger partial charge in [0.2, 0.25) is 0 Å². The summed E-state index contributed by atoms with van der Waals surface area (Å²) in [7, 11) is 0. The summed E-state index contributed by atoms with van der Waals surface area (Å²) in [6.45, 7) is 0. The molecule has 0 heterocycles. The van der Waals surface area contributed by atoms with Gasteiger partial charge >= 0.3 is 0 Å². The van der Waals surface area contributed by atoms with Crippen molar-refractivity contribution in [3.05, 3.63) is 121 Å². The summed E-state index contributed by atoms with van der Waals surface area (Å²) in [5, 5.41) is 7.82. The van der Waals surface area contributed by atoms with Crippen molar-refractivity contribution < 1.29 is 0 Å². The molecule has 0 atom stereocenters. The van der Waals surface area contributed by atoms with Crippen molar-refractivity contribution in [2.24, 2.45) is 0 Å². The maximum atomic E-state index is 2.38. The van der Waals surface area contributed by atoms with Gasteiger partial charge in [0.1, 0.15) is 0 Å². The average molecular weight is 380 g/mol. The van der Waals surface area contributed by atoms with E-state index in [1.54, 1.807) is 0 Å². The third-order valence-electron chi connectivity index (χ3n) is 6.05. The van der Waals surface area contributed by atoms with Crippen molar-refractivity contribution in [2.45, 2.75) is 0 Å². The van der Waals surface area contributed by atoms with Crippen LogP contribution in [0.15, 0.2) is 121 Å². The fraction of sp³-hybridized carbons (Fsp3) is 0. The second-order valence-electron chi connectivity index (χ2n) is 7.77. The Morgan fingerprint density at radius 3 is 1.00 bits per heavy atom. The maximum Gasteiger partial charge on any atom is -0.00923 e. The summed E-state index contributed by atoms with van der Waals surface area (Å²) in [5.74, 6) is 0. The van der Waals surface area contributed by atoms with Crippen LogP contribution >= 0.6 is 0 Å². The van der Waals surface area contributed by atoms with Crippen LogP contribution in [0.4, 0.5) is 0 Å². The molecule has 0 spiro atoms. The van der Waals surface area contributed by atoms with E-state index in [-0.39, 0.29) is 0 Å². The van der Waals surface area contributed by atoms with Crippen LogP contribution in [0.25, 0.3) is 54.6 Å². The van der Waals surface area contributed by atoms with Gasteiger partial charge in [0.05, 0.1) is 0 Å². The van der Waals surface area contributed by atoms with Crippen molar-refractivity contribution in [3.8, 4) is 22.3 Å². The van der Waals surface area contributed by atoms with Crippen molar-refractivity contribution in [3.63, 3.8) is 0 Å². The Kier molecular flexibility index (Phi) is 3.89. The largest absolute Gasteiger partial charge is 0.0622 e. The minimum Gasteiger partial charge on any atom is -0.0622 e. The minimum atomic E-state index is 1.26. The van der Waals surface area contributed by atoms with Crippen LogP contribution in [0.5, 0.6) is 0 Å². The molecule has 0 aliphatic carbocycles. The minimum absolute atomic E-state index is 1.26. The van der Waals surface area contributed by atoms with Crippen molar-refractivity contribution in [1.82, 2.24) is 0 Å². The van der Waals surface area contributed by atoms with Crippen molar-refractivity contribution >= 4 is 32.3 Å². The van der Waals surface area contributed by atoms with Gasteiger partial charge in [0.25, 0.3) is 0 Å². The lowest BCUT2D eigenvalue weighted by atomic mass is 9.88. The highest BCUT2D eigenvalue weighted by atomic mass is 14.2. The smallest absolute Gasteiger partial charge is 0.00923 e. The van der Waals surface area contributed by atoms with E-state index in [4.69, 9.17) is 0 Å². The van der Waals surface area contributed by atoms with E-state index in [1.807, 2.05) is 0 Å². The molecule has 0 bridgehead atoms. The molecule has 0 saturated heterocycles. The quantitative estimate of drug-likeness (QED) is 0.264. The SMILES string of the molecule is c1ccc(-c2cc3c4ccccc4c(-c4ccccc4)cc3c3ccccc23)cc1. The summed E-state index contributed by atoms with van der Waals surface area (Å²) in [4.78, 5) is 0. The van der Waals surface area contributed by atoms with Crippen LogP contribution in [-0.4, -0.2) is 0 Å². The van der Waals surface area contributed by atoms with E-state index in [1.165, 1.54) is 54.6 Å². The van der Waals surface area contributed by atoms with E-state index in [0.29, 0.717) is 0 Å². The monoisotopic (exact) mass is 380 g/mol. The summed E-state index contributed by atoms with van der Waals surface area (Å²) in [6, 6.07) is 43.8. The normalized spacial score (nSPS) is 11.3. The molecule has 0 aromatic heterocycles. The Morgan fingerprint density at radius 2 is 0.600 bits per heavy atom. The molecule has 0 unspecified atom stereocenters. The lowest BCUT2D eigenvalue weighted by Crippen LogP contribution is -1.88. The van der Waals surface area contributed by atoms with E-state index >= 15 is 0 Å². The predicted octanol–water partition coefficient (Wildman–Crippen LogP) is 8.48. The summed E-state index contributed by atoms with van der Waals surface area (Å²) >= 11 is 0. The summed E-state index contributed by atoms with van der Waals surface area (Å²) in [6.07, 6.45) is 0. The van der Waals surface area contributed by atoms with Gasteiger partial charge < -0.3 is 0 Å². The zero-order valence-electron chi connectivity index (χ0n) is 16.5. The molecule has 0 saturated carbocycles. The molecule has 0 aliphatic rings.